The van der Waals surface area contributed by atoms with Gasteiger partial charge in [-0.1, -0.05) is 0 Å². The highest BCUT2D eigenvalue weighted by atomic mass is 15.0. The molecule has 0 aromatic carbocycles. The molecular weight excluding hydrogens is 242 g/mol. The lowest BCUT2D eigenvalue weighted by molar-refractivity contribution is 1.26. The molecule has 0 saturated carbocycles. The highest BCUT2D eigenvalue weighted by Gasteiger charge is 2.09. The quantitative estimate of drug-likeness (QED) is 0.685. The molecule has 7 heteroatoms. The van der Waals surface area contributed by atoms with Crippen molar-refractivity contribution in [1.82, 2.24) is 4.98 Å². The molecule has 6 N–H and O–H groups in total. The summed E-state index contributed by atoms with van der Waals surface area (Å²) in [6, 6.07) is 3.47. The molecule has 1 aromatic rings. The van der Waals surface area contributed by atoms with E-state index in [2.05, 4.69) is 15.0 Å². The van der Waals surface area contributed by atoms with Crippen molar-refractivity contribution < 1.29 is 0 Å². The van der Waals surface area contributed by atoms with Gasteiger partial charge >= 0.3 is 0 Å². The zero-order chi connectivity index (χ0) is 14.1. The summed E-state index contributed by atoms with van der Waals surface area (Å²) in [4.78, 5) is 12.0. The van der Waals surface area contributed by atoms with Gasteiger partial charge in [0.05, 0.1) is 5.69 Å². The zero-order valence-electron chi connectivity index (χ0n) is 10.1. The Bertz CT molecular complexity index is 548. The van der Waals surface area contributed by atoms with Crippen molar-refractivity contribution >= 4 is 29.8 Å². The minimum atomic E-state index is 0.185. The summed E-state index contributed by atoms with van der Waals surface area (Å²) in [6.07, 6.45) is 8.53. The maximum Gasteiger partial charge on any atom is 0.174 e. The lowest BCUT2D eigenvalue weighted by Crippen LogP contribution is -1.93. The third kappa shape index (κ3) is 3.98. The number of nitrogens with zero attached hydrogens (tertiary/aromatic N) is 4. The molecule has 1 rings (SSSR count). The molecule has 96 valence electrons. The molecule has 0 spiro atoms. The van der Waals surface area contributed by atoms with Crippen molar-refractivity contribution in [3.63, 3.8) is 0 Å². The molecule has 0 aliphatic heterocycles. The first-order valence-corrected chi connectivity index (χ1v) is 5.25. The average Bonchev–Trinajstić information content (AvgIpc) is 2.39. The maximum absolute atomic E-state index is 9.14. The van der Waals surface area contributed by atoms with Crippen LogP contribution in [0.2, 0.25) is 0 Å². The number of hydrogen-bond acceptors (Lipinski definition) is 7. The number of rotatable bonds is 4. The molecule has 1 aromatic heterocycles. The lowest BCUT2D eigenvalue weighted by atomic mass is 10.2. The number of aromatic nitrogens is 1. The third-order valence-corrected chi connectivity index (χ3v) is 1.92. The SMILES string of the molecule is N#Cc1c(N=CC=CN)cc(N)nc1N=CC=CN. The molecule has 0 fully saturated rings. The highest BCUT2D eigenvalue weighted by molar-refractivity contribution is 5.80. The van der Waals surface area contributed by atoms with Crippen molar-refractivity contribution in [2.24, 2.45) is 21.5 Å². The van der Waals surface area contributed by atoms with E-state index in [-0.39, 0.29) is 17.2 Å². The first kappa shape index (κ1) is 13.9. The Kier molecular flexibility index (Phi) is 5.30. The van der Waals surface area contributed by atoms with Gasteiger partial charge in [-0.05, 0) is 24.6 Å². The van der Waals surface area contributed by atoms with Crippen molar-refractivity contribution in [2.45, 2.75) is 0 Å². The third-order valence-electron chi connectivity index (χ3n) is 1.92. The van der Waals surface area contributed by atoms with Gasteiger partial charge in [0.1, 0.15) is 17.5 Å². The number of anilines is 1. The minimum absolute atomic E-state index is 0.185. The smallest absolute Gasteiger partial charge is 0.174 e. The molecule has 19 heavy (non-hydrogen) atoms. The number of allylic oxidation sites excluding steroid dienone is 2. The highest BCUT2D eigenvalue weighted by Crippen LogP contribution is 2.28. The number of nitrogens with two attached hydrogens (primary N) is 3. The molecule has 1 heterocycles. The maximum atomic E-state index is 9.14. The van der Waals surface area contributed by atoms with Crippen LogP contribution in [0, 0.1) is 11.3 Å². The van der Waals surface area contributed by atoms with Crippen molar-refractivity contribution in [3.05, 3.63) is 36.2 Å². The molecule has 7 nitrogen and oxygen atoms in total. The van der Waals surface area contributed by atoms with Gasteiger partial charge in [-0.2, -0.15) is 5.26 Å². The second-order valence-corrected chi connectivity index (χ2v) is 3.20. The van der Waals surface area contributed by atoms with Gasteiger partial charge in [0.15, 0.2) is 5.82 Å². The number of nitriles is 1. The van der Waals surface area contributed by atoms with Gasteiger partial charge in [-0.25, -0.2) is 9.98 Å². The fourth-order valence-corrected chi connectivity index (χ4v) is 1.18. The van der Waals surface area contributed by atoms with E-state index in [1.165, 1.54) is 43.0 Å². The molecule has 0 atom stereocenters. The van der Waals surface area contributed by atoms with Crippen molar-refractivity contribution in [3.8, 4) is 6.07 Å². The van der Waals surface area contributed by atoms with E-state index in [1.54, 1.807) is 0 Å². The number of hydrogen-bond donors (Lipinski definition) is 3. The van der Waals surface area contributed by atoms with Crippen LogP contribution in [0.1, 0.15) is 5.56 Å². The van der Waals surface area contributed by atoms with E-state index in [1.807, 2.05) is 6.07 Å². The van der Waals surface area contributed by atoms with E-state index < -0.39 is 0 Å². The number of pyridine rings is 1. The molecule has 0 aliphatic rings. The van der Waals surface area contributed by atoms with Crippen molar-refractivity contribution in [1.29, 1.82) is 5.26 Å². The molecule has 0 unspecified atom stereocenters. The van der Waals surface area contributed by atoms with Gasteiger partial charge in [-0.15, -0.1) is 0 Å². The summed E-state index contributed by atoms with van der Waals surface area (Å²) < 4.78 is 0. The topological polar surface area (TPSA) is 139 Å². The number of aliphatic imine (C=N–C) groups is 2. The van der Waals surface area contributed by atoms with Gasteiger partial charge in [0, 0.05) is 18.5 Å². The zero-order valence-corrected chi connectivity index (χ0v) is 10.1. The molecular formula is C12H13N7. The number of nitrogen functional groups attached to an aromatic ring is 1. The molecule has 0 aliphatic carbocycles. The summed E-state index contributed by atoms with van der Waals surface area (Å²) in [5.74, 6) is 0.399. The predicted octanol–water partition coefficient (Wildman–Crippen LogP) is 0.885. The van der Waals surface area contributed by atoms with Gasteiger partial charge in [0.25, 0.3) is 0 Å². The Hall–Kier alpha value is -3.14. The van der Waals surface area contributed by atoms with Crippen LogP contribution in [0.4, 0.5) is 17.3 Å². The second-order valence-electron chi connectivity index (χ2n) is 3.20. The van der Waals surface area contributed by atoms with Crippen LogP contribution in [0.15, 0.2) is 40.6 Å². The molecule has 0 radical (unpaired) electrons. The predicted molar refractivity (Wildman–Crippen MR) is 76.3 cm³/mol. The molecule has 0 bridgehead atoms. The van der Waals surface area contributed by atoms with Crippen LogP contribution in [0.5, 0.6) is 0 Å². The van der Waals surface area contributed by atoms with Gasteiger partial charge in [-0.3, -0.25) is 4.99 Å². The Labute approximate surface area is 110 Å². The van der Waals surface area contributed by atoms with Gasteiger partial charge in [0.2, 0.25) is 0 Å². The summed E-state index contributed by atoms with van der Waals surface area (Å²) in [5.41, 5.74) is 16.6. The summed E-state index contributed by atoms with van der Waals surface area (Å²) >= 11 is 0. The van der Waals surface area contributed by atoms with E-state index in [0.29, 0.717) is 5.69 Å². The van der Waals surface area contributed by atoms with Crippen LogP contribution in [0.3, 0.4) is 0 Å². The Morgan fingerprint density at radius 2 is 1.79 bits per heavy atom. The van der Waals surface area contributed by atoms with Crippen LogP contribution < -0.4 is 17.2 Å². The fraction of sp³-hybridized carbons (Fsp3) is 0. The van der Waals surface area contributed by atoms with Crippen LogP contribution in [0.25, 0.3) is 0 Å². The monoisotopic (exact) mass is 255 g/mol. The van der Waals surface area contributed by atoms with Crippen LogP contribution in [-0.2, 0) is 0 Å². The van der Waals surface area contributed by atoms with E-state index >= 15 is 0 Å². The van der Waals surface area contributed by atoms with Crippen molar-refractivity contribution in [2.75, 3.05) is 5.73 Å². The molecule has 0 saturated heterocycles. The first-order chi connectivity index (χ1) is 9.22. The minimum Gasteiger partial charge on any atom is -0.405 e. The molecule has 0 amide bonds. The Balaban J connectivity index is 3.29. The largest absolute Gasteiger partial charge is 0.405 e. The van der Waals surface area contributed by atoms with Crippen LogP contribution >= 0.6 is 0 Å². The van der Waals surface area contributed by atoms with Crippen LogP contribution in [-0.4, -0.2) is 17.4 Å². The van der Waals surface area contributed by atoms with E-state index in [0.717, 1.165) is 0 Å². The second kappa shape index (κ2) is 7.24. The fourth-order valence-electron chi connectivity index (χ4n) is 1.18. The summed E-state index contributed by atoms with van der Waals surface area (Å²) in [6.45, 7) is 0. The normalized spacial score (nSPS) is 11.9. The Morgan fingerprint density at radius 3 is 2.37 bits per heavy atom. The van der Waals surface area contributed by atoms with E-state index in [4.69, 9.17) is 22.5 Å². The summed E-state index contributed by atoms with van der Waals surface area (Å²) in [7, 11) is 0. The Morgan fingerprint density at radius 1 is 1.16 bits per heavy atom. The lowest BCUT2D eigenvalue weighted by Gasteiger charge is -2.02. The summed E-state index contributed by atoms with van der Waals surface area (Å²) in [5, 5.41) is 9.14. The van der Waals surface area contributed by atoms with Gasteiger partial charge < -0.3 is 17.2 Å². The van der Waals surface area contributed by atoms with E-state index in [9.17, 15) is 0 Å². The average molecular weight is 255 g/mol. The first-order valence-electron chi connectivity index (χ1n) is 5.25. The standard InChI is InChI=1S/C12H13N7/c13-3-1-5-17-10-7-11(16)19-12(9(10)8-15)18-6-2-4-14/h1-7H,13-14H2,(H2,16,19).